The topological polar surface area (TPSA) is 37.3 Å². The van der Waals surface area contributed by atoms with Crippen molar-refractivity contribution in [3.63, 3.8) is 0 Å². The second-order valence-corrected chi connectivity index (χ2v) is 10.0. The van der Waals surface area contributed by atoms with Gasteiger partial charge in [0.2, 0.25) is 0 Å². The summed E-state index contributed by atoms with van der Waals surface area (Å²) in [6.45, 7) is 10.6. The van der Waals surface area contributed by atoms with E-state index in [1.165, 1.54) is 0 Å². The number of hydrogen-bond donors (Lipinski definition) is 1. The summed E-state index contributed by atoms with van der Waals surface area (Å²) in [5.74, 6) is -0.795. The summed E-state index contributed by atoms with van der Waals surface area (Å²) < 4.78 is 0. The van der Waals surface area contributed by atoms with Crippen LogP contribution in [0.15, 0.2) is 11.6 Å². The lowest BCUT2D eigenvalue weighted by atomic mass is 10.2. The molecule has 1 unspecified atom stereocenters. The van der Waals surface area contributed by atoms with Crippen LogP contribution in [0.3, 0.4) is 0 Å². The average molecular weight is 200 g/mol. The number of carbonyl (C=O) groups is 1. The molecule has 0 saturated carbocycles. The van der Waals surface area contributed by atoms with E-state index in [4.69, 9.17) is 5.11 Å². The van der Waals surface area contributed by atoms with Crippen molar-refractivity contribution in [3.05, 3.63) is 11.6 Å². The third kappa shape index (κ3) is 4.27. The van der Waals surface area contributed by atoms with Crippen molar-refractivity contribution in [1.29, 1.82) is 0 Å². The molecule has 1 atom stereocenters. The molecule has 0 amide bonds. The van der Waals surface area contributed by atoms with E-state index in [0.717, 1.165) is 6.42 Å². The summed E-state index contributed by atoms with van der Waals surface area (Å²) in [6.07, 6.45) is 2.97. The first-order valence-electron chi connectivity index (χ1n) is 4.70. The van der Waals surface area contributed by atoms with E-state index >= 15 is 0 Å². The molecule has 0 aliphatic carbocycles. The fraction of sp³-hybridized carbons (Fsp3) is 0.700. The molecule has 0 heterocycles. The van der Waals surface area contributed by atoms with Crippen LogP contribution in [0.2, 0.25) is 25.2 Å². The number of carboxylic acids is 1. The Morgan fingerprint density at radius 2 is 1.92 bits per heavy atom. The predicted molar refractivity (Wildman–Crippen MR) is 58.8 cm³/mol. The highest BCUT2D eigenvalue weighted by Gasteiger charge is 2.23. The Hall–Kier alpha value is -0.573. The molecular formula is C10H20O2Si. The molecule has 0 saturated heterocycles. The van der Waals surface area contributed by atoms with Crippen LogP contribution in [-0.4, -0.2) is 19.1 Å². The van der Waals surface area contributed by atoms with Gasteiger partial charge in [-0.05, 0) is 12.5 Å². The summed E-state index contributed by atoms with van der Waals surface area (Å²) >= 11 is 0. The van der Waals surface area contributed by atoms with E-state index in [1.807, 2.05) is 6.08 Å². The van der Waals surface area contributed by atoms with E-state index < -0.39 is 14.0 Å². The van der Waals surface area contributed by atoms with Crippen molar-refractivity contribution in [2.75, 3.05) is 0 Å². The van der Waals surface area contributed by atoms with Crippen molar-refractivity contribution in [2.45, 2.75) is 45.5 Å². The van der Waals surface area contributed by atoms with Crippen molar-refractivity contribution >= 4 is 14.0 Å². The van der Waals surface area contributed by atoms with Gasteiger partial charge in [0.15, 0.2) is 0 Å². The van der Waals surface area contributed by atoms with E-state index in [9.17, 15) is 4.79 Å². The standard InChI is InChI=1S/C10H20O2Si/c1-6-9(13(3,4)5)7-8(2)10(11)12/h7,9H,6H2,1-5H3,(H,11,12). The van der Waals surface area contributed by atoms with Gasteiger partial charge >= 0.3 is 5.97 Å². The van der Waals surface area contributed by atoms with Gasteiger partial charge in [0, 0.05) is 5.57 Å². The van der Waals surface area contributed by atoms with Crippen LogP contribution >= 0.6 is 0 Å². The first-order valence-corrected chi connectivity index (χ1v) is 8.28. The second kappa shape index (κ2) is 4.60. The number of aliphatic carboxylic acids is 1. The van der Waals surface area contributed by atoms with Gasteiger partial charge in [-0.25, -0.2) is 4.79 Å². The van der Waals surface area contributed by atoms with Crippen LogP contribution in [0.25, 0.3) is 0 Å². The van der Waals surface area contributed by atoms with Crippen LogP contribution < -0.4 is 0 Å². The molecule has 0 rings (SSSR count). The van der Waals surface area contributed by atoms with Crippen LogP contribution in [0.4, 0.5) is 0 Å². The molecule has 0 aliphatic heterocycles. The lowest BCUT2D eigenvalue weighted by Crippen LogP contribution is -2.26. The maximum Gasteiger partial charge on any atom is 0.330 e. The molecule has 0 aliphatic rings. The molecule has 1 N–H and O–H groups in total. The van der Waals surface area contributed by atoms with E-state index in [1.54, 1.807) is 6.92 Å². The number of carboxylic acid groups (broad SMARTS) is 1. The molecule has 2 nitrogen and oxygen atoms in total. The van der Waals surface area contributed by atoms with Crippen LogP contribution in [0.1, 0.15) is 20.3 Å². The number of hydrogen-bond acceptors (Lipinski definition) is 1. The van der Waals surface area contributed by atoms with Crippen molar-refractivity contribution in [1.82, 2.24) is 0 Å². The Morgan fingerprint density at radius 1 is 1.46 bits per heavy atom. The lowest BCUT2D eigenvalue weighted by molar-refractivity contribution is -0.132. The summed E-state index contributed by atoms with van der Waals surface area (Å²) in [5.41, 5.74) is 0.956. The zero-order chi connectivity index (χ0) is 10.6. The van der Waals surface area contributed by atoms with Crippen molar-refractivity contribution in [3.8, 4) is 0 Å². The Labute approximate surface area is 81.7 Å². The average Bonchev–Trinajstić information content (AvgIpc) is 1.96. The van der Waals surface area contributed by atoms with Gasteiger partial charge in [-0.2, -0.15) is 0 Å². The van der Waals surface area contributed by atoms with Crippen LogP contribution in [0.5, 0.6) is 0 Å². The van der Waals surface area contributed by atoms with Crippen molar-refractivity contribution < 1.29 is 9.90 Å². The monoisotopic (exact) mass is 200 g/mol. The van der Waals surface area contributed by atoms with Gasteiger partial charge in [-0.1, -0.05) is 39.1 Å². The largest absolute Gasteiger partial charge is 0.478 e. The third-order valence-electron chi connectivity index (χ3n) is 2.34. The predicted octanol–water partition coefficient (Wildman–Crippen LogP) is 3.14. The molecular weight excluding hydrogens is 180 g/mol. The first-order chi connectivity index (χ1) is 5.79. The molecule has 3 heteroatoms. The van der Waals surface area contributed by atoms with Gasteiger partial charge in [0.05, 0.1) is 8.07 Å². The molecule has 0 spiro atoms. The Balaban J connectivity index is 4.64. The summed E-state index contributed by atoms with van der Waals surface area (Å²) in [5, 5.41) is 8.74. The van der Waals surface area contributed by atoms with Gasteiger partial charge in [0.1, 0.15) is 0 Å². The van der Waals surface area contributed by atoms with Crippen molar-refractivity contribution in [2.24, 2.45) is 0 Å². The zero-order valence-corrected chi connectivity index (χ0v) is 10.2. The molecule has 0 fully saturated rings. The first kappa shape index (κ1) is 12.4. The van der Waals surface area contributed by atoms with Crippen LogP contribution in [-0.2, 0) is 4.79 Å². The Kier molecular flexibility index (Phi) is 4.40. The minimum absolute atomic E-state index is 0.476. The Bertz CT molecular complexity index is 213. The highest BCUT2D eigenvalue weighted by molar-refractivity contribution is 6.78. The second-order valence-electron chi connectivity index (χ2n) is 4.54. The van der Waals surface area contributed by atoms with Gasteiger partial charge in [0.25, 0.3) is 0 Å². The lowest BCUT2D eigenvalue weighted by Gasteiger charge is -2.25. The third-order valence-corrected chi connectivity index (χ3v) is 5.14. The number of allylic oxidation sites excluding steroid dienone is 1. The zero-order valence-electron chi connectivity index (χ0n) is 9.22. The van der Waals surface area contributed by atoms with Gasteiger partial charge in [-0.3, -0.25) is 0 Å². The molecule has 0 aromatic rings. The Morgan fingerprint density at radius 3 is 2.15 bits per heavy atom. The van der Waals surface area contributed by atoms with E-state index in [0.29, 0.717) is 11.1 Å². The maximum absolute atomic E-state index is 10.6. The molecule has 13 heavy (non-hydrogen) atoms. The minimum Gasteiger partial charge on any atom is -0.478 e. The molecule has 0 aromatic heterocycles. The summed E-state index contributed by atoms with van der Waals surface area (Å²) in [6, 6.07) is 0. The normalized spacial score (nSPS) is 15.6. The fourth-order valence-electron chi connectivity index (χ4n) is 1.35. The summed E-state index contributed by atoms with van der Waals surface area (Å²) in [4.78, 5) is 10.6. The molecule has 0 aromatic carbocycles. The minimum atomic E-state index is -1.24. The SMILES string of the molecule is CCC(C=C(C)C(=O)O)[Si](C)(C)C. The van der Waals surface area contributed by atoms with Crippen LogP contribution in [0, 0.1) is 0 Å². The van der Waals surface area contributed by atoms with E-state index in [-0.39, 0.29) is 0 Å². The molecule has 0 radical (unpaired) electrons. The number of rotatable bonds is 4. The maximum atomic E-state index is 10.6. The molecule has 76 valence electrons. The highest BCUT2D eigenvalue weighted by atomic mass is 28.3. The fourth-order valence-corrected chi connectivity index (χ4v) is 3.33. The van der Waals surface area contributed by atoms with E-state index in [2.05, 4.69) is 26.6 Å². The summed E-state index contributed by atoms with van der Waals surface area (Å²) in [7, 11) is -1.24. The van der Waals surface area contributed by atoms with Gasteiger partial charge in [-0.15, -0.1) is 0 Å². The smallest absolute Gasteiger partial charge is 0.330 e. The molecule has 0 bridgehead atoms. The van der Waals surface area contributed by atoms with Gasteiger partial charge < -0.3 is 5.11 Å². The quantitative estimate of drug-likeness (QED) is 0.559. The highest BCUT2D eigenvalue weighted by Crippen LogP contribution is 2.27.